The summed E-state index contributed by atoms with van der Waals surface area (Å²) in [6.45, 7) is 3.32. The van der Waals surface area contributed by atoms with Crippen LogP contribution in [0.3, 0.4) is 0 Å². The highest BCUT2D eigenvalue weighted by atomic mass is 19.1. The van der Waals surface area contributed by atoms with Crippen LogP contribution in [0, 0.1) is 5.82 Å². The number of hydrogen-bond acceptors (Lipinski definition) is 7. The summed E-state index contributed by atoms with van der Waals surface area (Å²) in [5.41, 5.74) is 1.42. The summed E-state index contributed by atoms with van der Waals surface area (Å²) < 4.78 is 16.4. The SMILES string of the molecule is CNC1CN(c2nc(N3C[C@H]4CC[C@@H](C3)N4)c3ccc(-c4cc(O)cc5ccccc45)c(F)c3n2)C1. The summed E-state index contributed by atoms with van der Waals surface area (Å²) in [4.78, 5) is 14.2. The summed E-state index contributed by atoms with van der Waals surface area (Å²) in [5, 5.41) is 19.8. The van der Waals surface area contributed by atoms with Crippen LogP contribution in [0.5, 0.6) is 5.75 Å². The first-order chi connectivity index (χ1) is 17.6. The summed E-state index contributed by atoms with van der Waals surface area (Å²) in [5.74, 6) is 1.12. The summed E-state index contributed by atoms with van der Waals surface area (Å²) in [6, 6.07) is 16.1. The van der Waals surface area contributed by atoms with Crippen molar-refractivity contribution in [3.05, 3.63) is 54.3 Å². The Morgan fingerprint density at radius 1 is 0.917 bits per heavy atom. The van der Waals surface area contributed by atoms with E-state index in [-0.39, 0.29) is 11.6 Å². The molecule has 0 radical (unpaired) electrons. The van der Waals surface area contributed by atoms with Crippen molar-refractivity contribution in [3.63, 3.8) is 0 Å². The molecule has 3 aromatic carbocycles. The molecular weight excluding hydrogens is 455 g/mol. The smallest absolute Gasteiger partial charge is 0.228 e. The molecule has 36 heavy (non-hydrogen) atoms. The largest absolute Gasteiger partial charge is 0.508 e. The van der Waals surface area contributed by atoms with Gasteiger partial charge in [-0.3, -0.25) is 0 Å². The first-order valence-electron chi connectivity index (χ1n) is 12.7. The molecule has 7 rings (SSSR count). The van der Waals surface area contributed by atoms with E-state index in [0.29, 0.717) is 40.7 Å². The van der Waals surface area contributed by atoms with E-state index in [2.05, 4.69) is 20.4 Å². The second kappa shape index (κ2) is 8.28. The van der Waals surface area contributed by atoms with E-state index in [4.69, 9.17) is 9.97 Å². The molecule has 0 unspecified atom stereocenters. The van der Waals surface area contributed by atoms with Gasteiger partial charge in [-0.15, -0.1) is 0 Å². The number of anilines is 2. The Hall–Kier alpha value is -3.49. The molecule has 7 nitrogen and oxygen atoms in total. The molecule has 0 saturated carbocycles. The zero-order valence-electron chi connectivity index (χ0n) is 20.2. The van der Waals surface area contributed by atoms with E-state index >= 15 is 4.39 Å². The van der Waals surface area contributed by atoms with Crippen molar-refractivity contribution in [3.8, 4) is 16.9 Å². The van der Waals surface area contributed by atoms with Gasteiger partial charge in [0.15, 0.2) is 5.82 Å². The number of likely N-dealkylation sites (N-methyl/N-ethyl adjacent to an activating group) is 1. The number of hydrogen-bond donors (Lipinski definition) is 3. The van der Waals surface area contributed by atoms with E-state index in [9.17, 15) is 5.11 Å². The van der Waals surface area contributed by atoms with Crippen LogP contribution in [0.25, 0.3) is 32.8 Å². The number of rotatable bonds is 4. The van der Waals surface area contributed by atoms with Crippen LogP contribution in [0.2, 0.25) is 0 Å². The van der Waals surface area contributed by atoms with Crippen LogP contribution in [-0.4, -0.2) is 66.4 Å². The Morgan fingerprint density at radius 3 is 2.47 bits per heavy atom. The molecule has 2 bridgehead atoms. The van der Waals surface area contributed by atoms with E-state index < -0.39 is 0 Å². The van der Waals surface area contributed by atoms with E-state index in [1.807, 2.05) is 43.4 Å². The molecule has 2 atom stereocenters. The van der Waals surface area contributed by atoms with Gasteiger partial charge < -0.3 is 25.5 Å². The molecule has 4 heterocycles. The normalized spacial score (nSPS) is 21.9. The standard InChI is InChI=1S/C28H29FN6O/c1-30-19-14-35(15-19)28-32-26-23(27(33-28)34-12-17-6-7-18(13-34)31-17)9-8-22(25(26)29)24-11-20(36)10-16-4-2-3-5-21(16)24/h2-5,8-11,17-19,30-31,36H,6-7,12-15H2,1H3/t17-,18+. The van der Waals surface area contributed by atoms with Crippen molar-refractivity contribution in [2.75, 3.05) is 43.0 Å². The van der Waals surface area contributed by atoms with Crippen LogP contribution < -0.4 is 20.4 Å². The number of nitrogens with zero attached hydrogens (tertiary/aromatic N) is 4. The third-order valence-electron chi connectivity index (χ3n) is 8.00. The number of aromatic nitrogens is 2. The Labute approximate surface area is 209 Å². The Bertz CT molecular complexity index is 1470. The van der Waals surface area contributed by atoms with Gasteiger partial charge in [0.05, 0.1) is 0 Å². The van der Waals surface area contributed by atoms with Crippen molar-refractivity contribution in [1.82, 2.24) is 20.6 Å². The molecule has 4 aromatic rings. The lowest BCUT2D eigenvalue weighted by Gasteiger charge is -2.40. The molecule has 3 N–H and O–H groups in total. The van der Waals surface area contributed by atoms with Crippen LogP contribution in [-0.2, 0) is 0 Å². The first-order valence-corrected chi connectivity index (χ1v) is 12.7. The van der Waals surface area contributed by atoms with Gasteiger partial charge in [0.2, 0.25) is 5.95 Å². The molecule has 0 amide bonds. The maximum absolute atomic E-state index is 16.4. The molecule has 3 aliphatic rings. The number of nitrogens with one attached hydrogen (secondary N) is 2. The molecule has 3 saturated heterocycles. The fourth-order valence-electron chi connectivity index (χ4n) is 6.04. The third-order valence-corrected chi connectivity index (χ3v) is 8.00. The fourth-order valence-corrected chi connectivity index (χ4v) is 6.04. The minimum Gasteiger partial charge on any atom is -0.508 e. The topological polar surface area (TPSA) is 76.5 Å². The fraction of sp³-hybridized carbons (Fsp3) is 0.357. The van der Waals surface area contributed by atoms with Gasteiger partial charge in [-0.25, -0.2) is 9.37 Å². The molecule has 3 fully saturated rings. The van der Waals surface area contributed by atoms with E-state index in [0.717, 1.165) is 61.0 Å². The minimum atomic E-state index is -0.378. The third kappa shape index (κ3) is 3.47. The lowest BCUT2D eigenvalue weighted by Crippen LogP contribution is -2.57. The Morgan fingerprint density at radius 2 is 1.69 bits per heavy atom. The highest BCUT2D eigenvalue weighted by molar-refractivity contribution is 6.01. The van der Waals surface area contributed by atoms with Crippen molar-refractivity contribution in [2.24, 2.45) is 0 Å². The number of phenolic OH excluding ortho intramolecular Hbond substituents is 1. The number of piperazine rings is 1. The van der Waals surface area contributed by atoms with Crippen molar-refractivity contribution in [2.45, 2.75) is 31.0 Å². The minimum absolute atomic E-state index is 0.113. The van der Waals surface area contributed by atoms with Crippen LogP contribution in [0.15, 0.2) is 48.5 Å². The van der Waals surface area contributed by atoms with E-state index in [1.54, 1.807) is 12.1 Å². The lowest BCUT2D eigenvalue weighted by atomic mass is 9.96. The zero-order valence-corrected chi connectivity index (χ0v) is 20.2. The average molecular weight is 485 g/mol. The maximum atomic E-state index is 16.4. The van der Waals surface area contributed by atoms with Crippen molar-refractivity contribution in [1.29, 1.82) is 0 Å². The number of fused-ring (bicyclic) bond motifs is 4. The molecule has 3 aliphatic heterocycles. The highest BCUT2D eigenvalue weighted by Crippen LogP contribution is 2.39. The molecule has 1 aromatic heterocycles. The van der Waals surface area contributed by atoms with Gasteiger partial charge >= 0.3 is 0 Å². The molecule has 0 aliphatic carbocycles. The van der Waals surface area contributed by atoms with Crippen molar-refractivity contribution < 1.29 is 9.50 Å². The average Bonchev–Trinajstić information content (AvgIpc) is 3.20. The van der Waals surface area contributed by atoms with Gasteiger partial charge in [-0.2, -0.15) is 4.98 Å². The highest BCUT2D eigenvalue weighted by Gasteiger charge is 2.35. The number of phenols is 1. The van der Waals surface area contributed by atoms with Crippen LogP contribution in [0.4, 0.5) is 16.2 Å². The number of aromatic hydroxyl groups is 1. The van der Waals surface area contributed by atoms with Crippen LogP contribution >= 0.6 is 0 Å². The summed E-state index contributed by atoms with van der Waals surface area (Å²) in [6.07, 6.45) is 2.33. The molecule has 8 heteroatoms. The molecule has 184 valence electrons. The van der Waals surface area contributed by atoms with Gasteiger partial charge in [-0.1, -0.05) is 30.3 Å². The molecule has 0 spiro atoms. The second-order valence-electron chi connectivity index (χ2n) is 10.3. The summed E-state index contributed by atoms with van der Waals surface area (Å²) >= 11 is 0. The Balaban J connectivity index is 1.41. The van der Waals surface area contributed by atoms with Gasteiger partial charge in [0.1, 0.15) is 17.1 Å². The van der Waals surface area contributed by atoms with Gasteiger partial charge in [0.25, 0.3) is 0 Å². The zero-order chi connectivity index (χ0) is 24.4. The quantitative estimate of drug-likeness (QED) is 0.408. The number of benzene rings is 3. The first kappa shape index (κ1) is 21.8. The van der Waals surface area contributed by atoms with E-state index in [1.165, 1.54) is 0 Å². The van der Waals surface area contributed by atoms with Gasteiger partial charge in [-0.05, 0) is 54.4 Å². The van der Waals surface area contributed by atoms with Crippen molar-refractivity contribution >= 4 is 33.4 Å². The maximum Gasteiger partial charge on any atom is 0.228 e. The molecular formula is C28H29FN6O. The van der Waals surface area contributed by atoms with Crippen LogP contribution in [0.1, 0.15) is 12.8 Å². The predicted octanol–water partition coefficient (Wildman–Crippen LogP) is 3.64. The summed E-state index contributed by atoms with van der Waals surface area (Å²) in [7, 11) is 1.96. The van der Waals surface area contributed by atoms with Gasteiger partial charge in [0, 0.05) is 55.3 Å². The predicted molar refractivity (Wildman–Crippen MR) is 141 cm³/mol. The monoisotopic (exact) mass is 484 g/mol. The number of halogens is 1. The lowest BCUT2D eigenvalue weighted by molar-refractivity contribution is 0.442. The Kier molecular flexibility index (Phi) is 5.01. The second-order valence-corrected chi connectivity index (χ2v) is 10.3.